The number of carbonyl (C=O) groups excluding carboxylic acids is 1. The number of phenolic OH excluding ortho intramolecular Hbond substituents is 1. The highest BCUT2D eigenvalue weighted by atomic mass is 19.1. The molecule has 0 aromatic heterocycles. The van der Waals surface area contributed by atoms with E-state index in [2.05, 4.69) is 5.32 Å². The van der Waals surface area contributed by atoms with Crippen molar-refractivity contribution >= 4 is 11.6 Å². The van der Waals surface area contributed by atoms with E-state index >= 15 is 0 Å². The standard InChI is InChI=1S/C15H14F2N2O2/c1-8-11(16)5-10(15(18)21)6-13(8)19-7-9-2-3-14(20)12(17)4-9/h2-6,19-20H,7H2,1H3,(H2,18,21). The summed E-state index contributed by atoms with van der Waals surface area (Å²) < 4.78 is 26.9. The van der Waals surface area contributed by atoms with Crippen LogP contribution < -0.4 is 11.1 Å². The van der Waals surface area contributed by atoms with E-state index in [1.54, 1.807) is 6.92 Å². The monoisotopic (exact) mass is 292 g/mol. The lowest BCUT2D eigenvalue weighted by molar-refractivity contribution is 0.1000. The van der Waals surface area contributed by atoms with E-state index < -0.39 is 23.3 Å². The SMILES string of the molecule is Cc1c(F)cc(C(N)=O)cc1NCc1ccc(O)c(F)c1. The summed E-state index contributed by atoms with van der Waals surface area (Å²) in [6.45, 7) is 1.76. The molecule has 0 atom stereocenters. The lowest BCUT2D eigenvalue weighted by Crippen LogP contribution is -2.13. The summed E-state index contributed by atoms with van der Waals surface area (Å²) >= 11 is 0. The first kappa shape index (κ1) is 14.8. The number of rotatable bonds is 4. The minimum absolute atomic E-state index is 0.0532. The molecule has 0 aliphatic heterocycles. The average Bonchev–Trinajstić information content (AvgIpc) is 2.43. The Bertz CT molecular complexity index is 702. The predicted molar refractivity (Wildman–Crippen MR) is 75.0 cm³/mol. The Morgan fingerprint density at radius 1 is 1.24 bits per heavy atom. The largest absolute Gasteiger partial charge is 0.505 e. The van der Waals surface area contributed by atoms with Crippen molar-refractivity contribution < 1.29 is 18.7 Å². The Morgan fingerprint density at radius 2 is 1.95 bits per heavy atom. The molecule has 0 aliphatic carbocycles. The summed E-state index contributed by atoms with van der Waals surface area (Å²) in [5, 5.41) is 12.0. The highest BCUT2D eigenvalue weighted by Crippen LogP contribution is 2.22. The first-order valence-corrected chi connectivity index (χ1v) is 6.19. The van der Waals surface area contributed by atoms with Gasteiger partial charge in [-0.15, -0.1) is 0 Å². The number of halogens is 2. The molecule has 4 nitrogen and oxygen atoms in total. The molecule has 110 valence electrons. The van der Waals surface area contributed by atoms with Gasteiger partial charge in [0, 0.05) is 23.4 Å². The molecule has 4 N–H and O–H groups in total. The molecule has 6 heteroatoms. The van der Waals surface area contributed by atoms with Crippen LogP contribution in [0.15, 0.2) is 30.3 Å². The molecule has 0 unspecified atom stereocenters. The maximum Gasteiger partial charge on any atom is 0.248 e. The zero-order chi connectivity index (χ0) is 15.6. The Hall–Kier alpha value is -2.63. The number of anilines is 1. The Kier molecular flexibility index (Phi) is 4.07. The number of hydrogen-bond donors (Lipinski definition) is 3. The molecule has 0 spiro atoms. The van der Waals surface area contributed by atoms with Crippen molar-refractivity contribution in [2.24, 2.45) is 5.73 Å². The predicted octanol–water partition coefficient (Wildman–Crippen LogP) is 2.69. The van der Waals surface area contributed by atoms with Crippen LogP contribution in [0.4, 0.5) is 14.5 Å². The van der Waals surface area contributed by atoms with Gasteiger partial charge in [0.1, 0.15) is 5.82 Å². The Labute approximate surface area is 120 Å². The molecule has 1 amide bonds. The first-order chi connectivity index (χ1) is 9.88. The second-order valence-corrected chi connectivity index (χ2v) is 4.63. The molecule has 0 saturated carbocycles. The second-order valence-electron chi connectivity index (χ2n) is 4.63. The van der Waals surface area contributed by atoms with Crippen LogP contribution in [0.3, 0.4) is 0 Å². The molecule has 2 aromatic carbocycles. The second kappa shape index (κ2) is 5.78. The zero-order valence-electron chi connectivity index (χ0n) is 11.3. The molecule has 0 bridgehead atoms. The lowest BCUT2D eigenvalue weighted by Gasteiger charge is -2.12. The van der Waals surface area contributed by atoms with E-state index in [0.717, 1.165) is 6.07 Å². The lowest BCUT2D eigenvalue weighted by atomic mass is 10.1. The van der Waals surface area contributed by atoms with Gasteiger partial charge in [-0.25, -0.2) is 8.78 Å². The number of aromatic hydroxyl groups is 1. The smallest absolute Gasteiger partial charge is 0.248 e. The van der Waals surface area contributed by atoms with Gasteiger partial charge in [0.25, 0.3) is 0 Å². The summed E-state index contributed by atoms with van der Waals surface area (Å²) in [5.74, 6) is -2.45. The van der Waals surface area contributed by atoms with Crippen LogP contribution in [0.25, 0.3) is 0 Å². The molecule has 21 heavy (non-hydrogen) atoms. The maximum absolute atomic E-state index is 13.7. The van der Waals surface area contributed by atoms with Gasteiger partial charge in [-0.1, -0.05) is 6.07 Å². The third-order valence-corrected chi connectivity index (χ3v) is 3.12. The molecule has 0 fully saturated rings. The van der Waals surface area contributed by atoms with Crippen molar-refractivity contribution in [2.45, 2.75) is 13.5 Å². The normalized spacial score (nSPS) is 10.4. The van der Waals surface area contributed by atoms with Crippen LogP contribution in [0.1, 0.15) is 21.5 Å². The van der Waals surface area contributed by atoms with Gasteiger partial charge in [0.15, 0.2) is 11.6 Å². The van der Waals surface area contributed by atoms with Crippen molar-refractivity contribution in [2.75, 3.05) is 5.32 Å². The van der Waals surface area contributed by atoms with Crippen LogP contribution >= 0.6 is 0 Å². The number of benzene rings is 2. The molecule has 2 aromatic rings. The van der Waals surface area contributed by atoms with E-state index in [9.17, 15) is 13.6 Å². The number of phenols is 1. The van der Waals surface area contributed by atoms with Crippen LogP contribution in [0, 0.1) is 18.6 Å². The van der Waals surface area contributed by atoms with E-state index in [0.29, 0.717) is 16.8 Å². The molecule has 0 radical (unpaired) electrons. The Balaban J connectivity index is 2.23. The van der Waals surface area contributed by atoms with E-state index in [1.165, 1.54) is 24.3 Å². The van der Waals surface area contributed by atoms with Crippen LogP contribution in [-0.2, 0) is 6.54 Å². The molecule has 0 heterocycles. The summed E-state index contributed by atoms with van der Waals surface area (Å²) in [6.07, 6.45) is 0. The third kappa shape index (κ3) is 3.28. The summed E-state index contributed by atoms with van der Waals surface area (Å²) in [7, 11) is 0. The highest BCUT2D eigenvalue weighted by Gasteiger charge is 2.10. The van der Waals surface area contributed by atoms with Gasteiger partial charge in [-0.2, -0.15) is 0 Å². The topological polar surface area (TPSA) is 75.4 Å². The van der Waals surface area contributed by atoms with Crippen molar-refractivity contribution in [3.8, 4) is 5.75 Å². The fraction of sp³-hybridized carbons (Fsp3) is 0.133. The zero-order valence-corrected chi connectivity index (χ0v) is 11.3. The Morgan fingerprint density at radius 3 is 2.57 bits per heavy atom. The van der Waals surface area contributed by atoms with Crippen molar-refractivity contribution in [1.29, 1.82) is 0 Å². The summed E-state index contributed by atoms with van der Waals surface area (Å²) in [4.78, 5) is 11.1. The van der Waals surface area contributed by atoms with E-state index in [1.807, 2.05) is 0 Å². The summed E-state index contributed by atoms with van der Waals surface area (Å²) in [5.41, 5.74) is 6.49. The number of nitrogens with two attached hydrogens (primary N) is 1. The number of amides is 1. The fourth-order valence-electron chi connectivity index (χ4n) is 1.86. The summed E-state index contributed by atoms with van der Waals surface area (Å²) in [6, 6.07) is 6.46. The van der Waals surface area contributed by atoms with E-state index in [4.69, 9.17) is 10.8 Å². The number of carbonyl (C=O) groups is 1. The van der Waals surface area contributed by atoms with E-state index in [-0.39, 0.29) is 12.1 Å². The average molecular weight is 292 g/mol. The molecule has 2 rings (SSSR count). The highest BCUT2D eigenvalue weighted by molar-refractivity contribution is 5.94. The molecular formula is C15H14F2N2O2. The van der Waals surface area contributed by atoms with Crippen LogP contribution in [0.5, 0.6) is 5.75 Å². The van der Waals surface area contributed by atoms with Gasteiger partial charge >= 0.3 is 0 Å². The minimum atomic E-state index is -0.733. The minimum Gasteiger partial charge on any atom is -0.505 e. The van der Waals surface area contributed by atoms with Crippen molar-refractivity contribution in [1.82, 2.24) is 0 Å². The molecule has 0 saturated heterocycles. The van der Waals surface area contributed by atoms with Gasteiger partial charge in [-0.3, -0.25) is 4.79 Å². The maximum atomic E-state index is 13.7. The first-order valence-electron chi connectivity index (χ1n) is 6.19. The third-order valence-electron chi connectivity index (χ3n) is 3.12. The number of primary amides is 1. The van der Waals surface area contributed by atoms with Crippen molar-refractivity contribution in [3.05, 3.63) is 58.7 Å². The molecule has 0 aliphatic rings. The van der Waals surface area contributed by atoms with Crippen LogP contribution in [-0.4, -0.2) is 11.0 Å². The number of hydrogen-bond acceptors (Lipinski definition) is 3. The fourth-order valence-corrected chi connectivity index (χ4v) is 1.86. The van der Waals surface area contributed by atoms with Gasteiger partial charge in [0.05, 0.1) is 0 Å². The van der Waals surface area contributed by atoms with Crippen LogP contribution in [0.2, 0.25) is 0 Å². The quantitative estimate of drug-likeness (QED) is 0.811. The van der Waals surface area contributed by atoms with Gasteiger partial charge < -0.3 is 16.2 Å². The van der Waals surface area contributed by atoms with Crippen molar-refractivity contribution in [3.63, 3.8) is 0 Å². The van der Waals surface area contributed by atoms with Gasteiger partial charge in [-0.05, 0) is 36.8 Å². The number of nitrogens with one attached hydrogen (secondary N) is 1. The van der Waals surface area contributed by atoms with Gasteiger partial charge in [0.2, 0.25) is 5.91 Å². The molecular weight excluding hydrogens is 278 g/mol.